The maximum Gasteiger partial charge on any atom is 0.191 e. The summed E-state index contributed by atoms with van der Waals surface area (Å²) in [5, 5.41) is 11.0. The largest absolute Gasteiger partial charge is 0.497 e. The SMILES string of the molecule is CN=C(NCCc1c(C)noc1C)NC1CCN(c2cc(OC)cc(OC)c2)CC1.I. The lowest BCUT2D eigenvalue weighted by atomic mass is 10.0. The van der Waals surface area contributed by atoms with E-state index in [1.807, 2.05) is 27.0 Å². The molecule has 0 bridgehead atoms. The average molecular weight is 543 g/mol. The second kappa shape index (κ2) is 12.0. The number of halogens is 1. The molecule has 1 aliphatic heterocycles. The Bertz CT molecular complexity index is 821. The van der Waals surface area contributed by atoms with Crippen molar-refractivity contribution in [3.63, 3.8) is 0 Å². The van der Waals surface area contributed by atoms with Crippen LogP contribution in [0.4, 0.5) is 5.69 Å². The average Bonchev–Trinajstić information content (AvgIpc) is 3.10. The number of rotatable bonds is 7. The number of hydrogen-bond acceptors (Lipinski definition) is 6. The summed E-state index contributed by atoms with van der Waals surface area (Å²) >= 11 is 0. The Morgan fingerprint density at radius 3 is 2.32 bits per heavy atom. The Hall–Kier alpha value is -2.17. The molecule has 9 heteroatoms. The molecule has 3 rings (SSSR count). The van der Waals surface area contributed by atoms with E-state index in [-0.39, 0.29) is 24.0 Å². The van der Waals surface area contributed by atoms with Crippen LogP contribution >= 0.6 is 24.0 Å². The van der Waals surface area contributed by atoms with Gasteiger partial charge in [0.25, 0.3) is 0 Å². The van der Waals surface area contributed by atoms with Gasteiger partial charge in [0.1, 0.15) is 17.3 Å². The molecule has 2 aromatic rings. The minimum atomic E-state index is 0. The highest BCUT2D eigenvalue weighted by atomic mass is 127. The van der Waals surface area contributed by atoms with Crippen molar-refractivity contribution in [1.29, 1.82) is 0 Å². The van der Waals surface area contributed by atoms with E-state index in [1.165, 1.54) is 5.56 Å². The third-order valence-electron chi connectivity index (χ3n) is 5.61. The van der Waals surface area contributed by atoms with Crippen LogP contribution in [0.25, 0.3) is 0 Å². The number of aromatic nitrogens is 1. The number of nitrogens with one attached hydrogen (secondary N) is 2. The zero-order valence-corrected chi connectivity index (χ0v) is 21.4. The zero-order chi connectivity index (χ0) is 21.5. The molecule has 2 heterocycles. The molecule has 8 nitrogen and oxygen atoms in total. The van der Waals surface area contributed by atoms with Gasteiger partial charge in [0, 0.05) is 62.2 Å². The number of guanidine groups is 1. The monoisotopic (exact) mass is 543 g/mol. The van der Waals surface area contributed by atoms with Crippen LogP contribution in [0, 0.1) is 13.8 Å². The van der Waals surface area contributed by atoms with Gasteiger partial charge >= 0.3 is 0 Å². The normalized spacial score (nSPS) is 14.7. The Balaban J connectivity index is 0.00000341. The molecular formula is C22H34IN5O3. The highest BCUT2D eigenvalue weighted by Gasteiger charge is 2.21. The first kappa shape index (κ1) is 25.1. The Kier molecular flexibility index (Phi) is 9.73. The van der Waals surface area contributed by atoms with Crippen LogP contribution in [0.15, 0.2) is 27.7 Å². The molecule has 1 fully saturated rings. The number of aryl methyl sites for hydroxylation is 2. The maximum atomic E-state index is 5.40. The van der Waals surface area contributed by atoms with Crippen LogP contribution in [-0.4, -0.2) is 58.1 Å². The lowest BCUT2D eigenvalue weighted by Crippen LogP contribution is -2.49. The number of ether oxygens (including phenoxy) is 2. The molecule has 0 atom stereocenters. The molecule has 0 unspecified atom stereocenters. The summed E-state index contributed by atoms with van der Waals surface area (Å²) in [5.74, 6) is 3.35. The van der Waals surface area contributed by atoms with Gasteiger partial charge in [-0.3, -0.25) is 4.99 Å². The van der Waals surface area contributed by atoms with Crippen molar-refractivity contribution >= 4 is 35.6 Å². The molecule has 1 saturated heterocycles. The van der Waals surface area contributed by atoms with E-state index in [9.17, 15) is 0 Å². The molecule has 172 valence electrons. The van der Waals surface area contributed by atoms with Gasteiger partial charge in [-0.15, -0.1) is 24.0 Å². The molecule has 1 aliphatic rings. The van der Waals surface area contributed by atoms with Crippen molar-refractivity contribution in [2.24, 2.45) is 4.99 Å². The first-order valence-electron chi connectivity index (χ1n) is 10.4. The van der Waals surface area contributed by atoms with E-state index in [1.54, 1.807) is 14.2 Å². The third kappa shape index (κ3) is 6.65. The summed E-state index contributed by atoms with van der Waals surface area (Å²) in [6, 6.07) is 6.41. The molecule has 0 spiro atoms. The maximum absolute atomic E-state index is 5.40. The minimum Gasteiger partial charge on any atom is -0.497 e. The standard InChI is InChI=1S/C22H33N5O3.HI/c1-15-21(16(2)30-26-15)6-9-24-22(23-3)25-17-7-10-27(11-8-17)18-12-19(28-4)14-20(13-18)29-5;/h12-14,17H,6-11H2,1-5H3,(H2,23,24,25);1H. The Morgan fingerprint density at radius 2 is 1.81 bits per heavy atom. The highest BCUT2D eigenvalue weighted by molar-refractivity contribution is 14.0. The van der Waals surface area contributed by atoms with Crippen molar-refractivity contribution in [3.05, 3.63) is 35.2 Å². The predicted molar refractivity (Wildman–Crippen MR) is 134 cm³/mol. The lowest BCUT2D eigenvalue weighted by Gasteiger charge is -2.34. The van der Waals surface area contributed by atoms with E-state index >= 15 is 0 Å². The van der Waals surface area contributed by atoms with Crippen LogP contribution in [0.5, 0.6) is 11.5 Å². The van der Waals surface area contributed by atoms with Gasteiger partial charge < -0.3 is 29.5 Å². The van der Waals surface area contributed by atoms with Crippen molar-refractivity contribution in [1.82, 2.24) is 15.8 Å². The minimum absolute atomic E-state index is 0. The molecular weight excluding hydrogens is 509 g/mol. The fourth-order valence-corrected chi connectivity index (χ4v) is 3.81. The Morgan fingerprint density at radius 1 is 1.16 bits per heavy atom. The van der Waals surface area contributed by atoms with E-state index in [0.29, 0.717) is 6.04 Å². The van der Waals surface area contributed by atoms with Crippen LogP contribution in [0.1, 0.15) is 29.9 Å². The number of hydrogen-bond donors (Lipinski definition) is 2. The molecule has 2 N–H and O–H groups in total. The fourth-order valence-electron chi connectivity index (χ4n) is 3.81. The van der Waals surface area contributed by atoms with Gasteiger partial charge in [-0.1, -0.05) is 5.16 Å². The second-order valence-electron chi connectivity index (χ2n) is 7.53. The fraction of sp³-hybridized carbons (Fsp3) is 0.545. The predicted octanol–water partition coefficient (Wildman–Crippen LogP) is 3.30. The van der Waals surface area contributed by atoms with Crippen molar-refractivity contribution in [3.8, 4) is 11.5 Å². The van der Waals surface area contributed by atoms with Gasteiger partial charge in [-0.05, 0) is 33.1 Å². The third-order valence-corrected chi connectivity index (χ3v) is 5.61. The number of piperidine rings is 1. The van der Waals surface area contributed by atoms with Crippen LogP contribution in [-0.2, 0) is 6.42 Å². The van der Waals surface area contributed by atoms with Crippen molar-refractivity contribution in [2.75, 3.05) is 45.8 Å². The van der Waals surface area contributed by atoms with Gasteiger partial charge in [-0.25, -0.2) is 0 Å². The molecule has 1 aromatic heterocycles. The molecule has 0 amide bonds. The van der Waals surface area contributed by atoms with Gasteiger partial charge in [0.2, 0.25) is 0 Å². The number of benzene rings is 1. The first-order valence-corrected chi connectivity index (χ1v) is 10.4. The smallest absolute Gasteiger partial charge is 0.191 e. The summed E-state index contributed by atoms with van der Waals surface area (Å²) in [6.45, 7) is 6.64. The number of nitrogens with zero attached hydrogens (tertiary/aromatic N) is 3. The second-order valence-corrected chi connectivity index (χ2v) is 7.53. The summed E-state index contributed by atoms with van der Waals surface area (Å²) in [6.07, 6.45) is 2.92. The van der Waals surface area contributed by atoms with Crippen LogP contribution in [0.2, 0.25) is 0 Å². The number of methoxy groups -OCH3 is 2. The lowest BCUT2D eigenvalue weighted by molar-refractivity contribution is 0.392. The molecule has 1 aromatic carbocycles. The topological polar surface area (TPSA) is 84.2 Å². The van der Waals surface area contributed by atoms with E-state index in [2.05, 4.69) is 37.8 Å². The van der Waals surface area contributed by atoms with Gasteiger partial charge in [0.15, 0.2) is 5.96 Å². The zero-order valence-electron chi connectivity index (χ0n) is 19.0. The highest BCUT2D eigenvalue weighted by Crippen LogP contribution is 2.30. The molecule has 31 heavy (non-hydrogen) atoms. The molecule has 0 saturated carbocycles. The summed E-state index contributed by atoms with van der Waals surface area (Å²) in [7, 11) is 5.17. The number of anilines is 1. The Labute approximate surface area is 201 Å². The van der Waals surface area contributed by atoms with Crippen LogP contribution in [0.3, 0.4) is 0 Å². The summed E-state index contributed by atoms with van der Waals surface area (Å²) in [5.41, 5.74) is 3.25. The number of aliphatic imine (C=N–C) groups is 1. The summed E-state index contributed by atoms with van der Waals surface area (Å²) < 4.78 is 16.0. The van der Waals surface area contributed by atoms with E-state index in [0.717, 1.165) is 73.5 Å². The molecule has 0 aliphatic carbocycles. The van der Waals surface area contributed by atoms with Crippen molar-refractivity contribution < 1.29 is 14.0 Å². The van der Waals surface area contributed by atoms with Gasteiger partial charge in [-0.2, -0.15) is 0 Å². The first-order chi connectivity index (χ1) is 14.5. The van der Waals surface area contributed by atoms with E-state index in [4.69, 9.17) is 14.0 Å². The quantitative estimate of drug-likeness (QED) is 0.315. The van der Waals surface area contributed by atoms with Crippen molar-refractivity contribution in [2.45, 2.75) is 39.2 Å². The van der Waals surface area contributed by atoms with E-state index < -0.39 is 0 Å². The van der Waals surface area contributed by atoms with Gasteiger partial charge in [0.05, 0.1) is 19.9 Å². The van der Waals surface area contributed by atoms with Crippen LogP contribution < -0.4 is 25.0 Å². The summed E-state index contributed by atoms with van der Waals surface area (Å²) in [4.78, 5) is 6.75. The molecule has 0 radical (unpaired) electrons.